The summed E-state index contributed by atoms with van der Waals surface area (Å²) in [5.74, 6) is 0.0846. The fourth-order valence-corrected chi connectivity index (χ4v) is 2.78. The van der Waals surface area contributed by atoms with Crippen LogP contribution in [-0.4, -0.2) is 17.7 Å². The molecule has 1 heterocycles. The van der Waals surface area contributed by atoms with Gasteiger partial charge >= 0.3 is 5.97 Å². The van der Waals surface area contributed by atoms with Gasteiger partial charge < -0.3 is 14.2 Å². The molecule has 3 rings (SSSR count). The number of carbonyl (C=O) groups excluding carboxylic acids is 1. The summed E-state index contributed by atoms with van der Waals surface area (Å²) in [5, 5.41) is 11.1. The van der Waals surface area contributed by atoms with Crippen LogP contribution in [0.5, 0.6) is 5.75 Å². The molecule has 2 aromatic carbocycles. The lowest BCUT2D eigenvalue weighted by Crippen LogP contribution is -2.15. The minimum Gasteiger partial charge on any atom is -0.467 e. The van der Waals surface area contributed by atoms with Gasteiger partial charge in [-0.15, -0.1) is 0 Å². The van der Waals surface area contributed by atoms with E-state index in [1.165, 1.54) is 12.1 Å². The number of rotatable bonds is 5. The van der Waals surface area contributed by atoms with Gasteiger partial charge in [-0.1, -0.05) is 18.2 Å². The highest BCUT2D eigenvalue weighted by atomic mass is 16.7. The van der Waals surface area contributed by atoms with Crippen molar-refractivity contribution in [3.8, 4) is 5.75 Å². The fourth-order valence-electron chi connectivity index (χ4n) is 2.78. The predicted molar refractivity (Wildman–Crippen MR) is 92.8 cm³/mol. The van der Waals surface area contributed by atoms with E-state index in [0.29, 0.717) is 16.9 Å². The highest BCUT2D eigenvalue weighted by Gasteiger charge is 2.21. The molecule has 7 heteroatoms. The van der Waals surface area contributed by atoms with Gasteiger partial charge in [0.2, 0.25) is 0 Å². The molecule has 0 saturated heterocycles. The van der Waals surface area contributed by atoms with Gasteiger partial charge in [-0.2, -0.15) is 0 Å². The van der Waals surface area contributed by atoms with Crippen LogP contribution < -0.4 is 4.74 Å². The number of benzene rings is 2. The molecule has 0 bridgehead atoms. The molecule has 26 heavy (non-hydrogen) atoms. The minimum absolute atomic E-state index is 0.0639. The average Bonchev–Trinajstić information content (AvgIpc) is 2.62. The lowest BCUT2D eigenvalue weighted by molar-refractivity contribution is -0.385. The summed E-state index contributed by atoms with van der Waals surface area (Å²) < 4.78 is 15.9. The molecular formula is C19H19NO6. The molecule has 0 radical (unpaired) electrons. The first-order valence-electron chi connectivity index (χ1n) is 8.16. The molecule has 0 aromatic heterocycles. The first kappa shape index (κ1) is 17.9. The van der Waals surface area contributed by atoms with Gasteiger partial charge in [-0.05, 0) is 30.5 Å². The molecule has 0 spiro atoms. The summed E-state index contributed by atoms with van der Waals surface area (Å²) >= 11 is 0. The van der Waals surface area contributed by atoms with Crippen LogP contribution >= 0.6 is 0 Å². The molecule has 0 saturated carbocycles. The first-order valence-corrected chi connectivity index (χ1v) is 8.16. The number of ether oxygens (including phenoxy) is 3. The van der Waals surface area contributed by atoms with Crippen LogP contribution in [0.3, 0.4) is 0 Å². The Morgan fingerprint density at radius 2 is 2.04 bits per heavy atom. The van der Waals surface area contributed by atoms with Crippen molar-refractivity contribution in [2.24, 2.45) is 0 Å². The molecule has 1 aliphatic rings. The second-order valence-corrected chi connectivity index (χ2v) is 6.22. The molecular weight excluding hydrogens is 338 g/mol. The Balaban J connectivity index is 1.72. The number of non-ortho nitro benzene ring substituents is 1. The second-order valence-electron chi connectivity index (χ2n) is 6.22. The summed E-state index contributed by atoms with van der Waals surface area (Å²) in [6, 6.07) is 8.58. The number of aryl methyl sites for hydroxylation is 2. The second kappa shape index (κ2) is 7.53. The number of esters is 1. The van der Waals surface area contributed by atoms with Crippen LogP contribution in [-0.2, 0) is 33.9 Å². The smallest absolute Gasteiger partial charge is 0.310 e. The molecule has 0 fully saturated rings. The molecule has 0 amide bonds. The van der Waals surface area contributed by atoms with Crippen LogP contribution in [0.4, 0.5) is 5.69 Å². The summed E-state index contributed by atoms with van der Waals surface area (Å²) in [5.41, 5.74) is 4.08. The van der Waals surface area contributed by atoms with Crippen molar-refractivity contribution in [2.75, 3.05) is 6.79 Å². The third-order valence-corrected chi connectivity index (χ3v) is 4.29. The van der Waals surface area contributed by atoms with E-state index in [-0.39, 0.29) is 32.1 Å². The van der Waals surface area contributed by atoms with Crippen molar-refractivity contribution < 1.29 is 23.9 Å². The van der Waals surface area contributed by atoms with E-state index in [9.17, 15) is 14.9 Å². The average molecular weight is 357 g/mol. The van der Waals surface area contributed by atoms with Crippen molar-refractivity contribution >= 4 is 11.7 Å². The number of hydrogen-bond donors (Lipinski definition) is 0. The largest absolute Gasteiger partial charge is 0.467 e. The van der Waals surface area contributed by atoms with E-state index in [0.717, 1.165) is 16.7 Å². The lowest BCUT2D eigenvalue weighted by Gasteiger charge is -2.20. The molecule has 0 unspecified atom stereocenters. The van der Waals surface area contributed by atoms with Gasteiger partial charge in [0.25, 0.3) is 5.69 Å². The van der Waals surface area contributed by atoms with E-state index in [4.69, 9.17) is 14.2 Å². The monoisotopic (exact) mass is 357 g/mol. The highest BCUT2D eigenvalue weighted by Crippen LogP contribution is 2.33. The number of nitro benzene ring substituents is 1. The zero-order valence-electron chi connectivity index (χ0n) is 14.6. The van der Waals surface area contributed by atoms with E-state index in [1.807, 2.05) is 32.0 Å². The van der Waals surface area contributed by atoms with E-state index in [2.05, 4.69) is 0 Å². The summed E-state index contributed by atoms with van der Waals surface area (Å²) in [4.78, 5) is 22.8. The Morgan fingerprint density at radius 1 is 1.23 bits per heavy atom. The molecule has 2 aromatic rings. The topological polar surface area (TPSA) is 87.9 Å². The molecule has 0 atom stereocenters. The van der Waals surface area contributed by atoms with Crippen molar-refractivity contribution in [2.45, 2.75) is 33.5 Å². The first-order chi connectivity index (χ1) is 12.4. The predicted octanol–water partition coefficient (Wildman–Crippen LogP) is 3.36. The maximum absolute atomic E-state index is 12.1. The number of nitrogens with zero attached hydrogens (tertiary/aromatic N) is 1. The van der Waals surface area contributed by atoms with Gasteiger partial charge in [0.05, 0.1) is 18.0 Å². The van der Waals surface area contributed by atoms with E-state index in [1.54, 1.807) is 0 Å². The number of carbonyl (C=O) groups is 1. The summed E-state index contributed by atoms with van der Waals surface area (Å²) in [6.07, 6.45) is 0.141. The lowest BCUT2D eigenvalue weighted by atomic mass is 10.0. The van der Waals surface area contributed by atoms with Crippen LogP contribution in [0, 0.1) is 24.0 Å². The van der Waals surface area contributed by atoms with Crippen LogP contribution in [0.2, 0.25) is 0 Å². The Labute approximate surface area is 150 Å². The SMILES string of the molecule is Cc1ccc(CC(=O)OCc2cc([N+](=O)[O-])cc3c2OCOC3)cc1C. The maximum atomic E-state index is 12.1. The van der Waals surface area contributed by atoms with E-state index >= 15 is 0 Å². The molecule has 7 nitrogen and oxygen atoms in total. The normalized spacial score (nSPS) is 12.8. The van der Waals surface area contributed by atoms with Crippen LogP contribution in [0.15, 0.2) is 30.3 Å². The van der Waals surface area contributed by atoms with Crippen molar-refractivity contribution in [3.05, 3.63) is 68.3 Å². The zero-order chi connectivity index (χ0) is 18.7. The van der Waals surface area contributed by atoms with Gasteiger partial charge in [0, 0.05) is 23.3 Å². The standard InChI is InChI=1S/C19H19NO6/c1-12-3-4-14(5-13(12)2)6-18(21)25-10-16-8-17(20(22)23)7-15-9-24-11-26-19(15)16/h3-5,7-8H,6,9-11H2,1-2H3. The van der Waals surface area contributed by atoms with E-state index < -0.39 is 10.9 Å². The molecule has 0 N–H and O–H groups in total. The quantitative estimate of drug-likeness (QED) is 0.463. The fraction of sp³-hybridized carbons (Fsp3) is 0.316. The summed E-state index contributed by atoms with van der Waals surface area (Å²) in [6.45, 7) is 4.19. The molecule has 0 aliphatic carbocycles. The third-order valence-electron chi connectivity index (χ3n) is 4.29. The number of hydrogen-bond acceptors (Lipinski definition) is 6. The van der Waals surface area contributed by atoms with Gasteiger partial charge in [-0.3, -0.25) is 14.9 Å². The molecule has 1 aliphatic heterocycles. The maximum Gasteiger partial charge on any atom is 0.310 e. The van der Waals surface area contributed by atoms with Gasteiger partial charge in [0.1, 0.15) is 12.4 Å². The highest BCUT2D eigenvalue weighted by molar-refractivity contribution is 5.72. The zero-order valence-corrected chi connectivity index (χ0v) is 14.6. The van der Waals surface area contributed by atoms with Crippen molar-refractivity contribution in [1.82, 2.24) is 0 Å². The number of nitro groups is 1. The van der Waals surface area contributed by atoms with Crippen LogP contribution in [0.25, 0.3) is 0 Å². The third kappa shape index (κ3) is 4.00. The van der Waals surface area contributed by atoms with Crippen LogP contribution in [0.1, 0.15) is 27.8 Å². The molecule has 136 valence electrons. The van der Waals surface area contributed by atoms with Crippen molar-refractivity contribution in [3.63, 3.8) is 0 Å². The number of fused-ring (bicyclic) bond motifs is 1. The Morgan fingerprint density at radius 3 is 2.77 bits per heavy atom. The van der Waals surface area contributed by atoms with Crippen molar-refractivity contribution in [1.29, 1.82) is 0 Å². The Kier molecular flexibility index (Phi) is 5.18. The Hall–Kier alpha value is -2.93. The Bertz CT molecular complexity index is 861. The summed E-state index contributed by atoms with van der Waals surface area (Å²) in [7, 11) is 0. The van der Waals surface area contributed by atoms with Gasteiger partial charge in [-0.25, -0.2) is 0 Å². The minimum atomic E-state index is -0.491. The van der Waals surface area contributed by atoms with Gasteiger partial charge in [0.15, 0.2) is 6.79 Å².